The summed E-state index contributed by atoms with van der Waals surface area (Å²) < 4.78 is 0. The fourth-order valence-corrected chi connectivity index (χ4v) is 3.93. The highest BCUT2D eigenvalue weighted by atomic mass is 16.3. The van der Waals surface area contributed by atoms with Crippen LogP contribution in [0.5, 0.6) is 0 Å². The molecule has 0 aromatic carbocycles. The van der Waals surface area contributed by atoms with Crippen molar-refractivity contribution < 1.29 is 5.11 Å². The van der Waals surface area contributed by atoms with E-state index >= 15 is 0 Å². The highest BCUT2D eigenvalue weighted by molar-refractivity contribution is 4.95. The molecular formula is C16H31NO. The molecule has 0 aromatic rings. The van der Waals surface area contributed by atoms with Crippen molar-refractivity contribution in [2.75, 3.05) is 13.1 Å². The number of rotatable bonds is 3. The molecule has 2 fully saturated rings. The van der Waals surface area contributed by atoms with Crippen LogP contribution in [-0.4, -0.2) is 34.7 Å². The first kappa shape index (κ1) is 14.3. The molecule has 1 saturated carbocycles. The molecule has 4 atom stereocenters. The van der Waals surface area contributed by atoms with E-state index in [2.05, 4.69) is 32.6 Å². The fraction of sp³-hybridized carbons (Fsp3) is 1.00. The van der Waals surface area contributed by atoms with Crippen LogP contribution in [0.15, 0.2) is 0 Å². The topological polar surface area (TPSA) is 23.5 Å². The molecule has 2 aliphatic rings. The average Bonchev–Trinajstić information content (AvgIpc) is 2.86. The van der Waals surface area contributed by atoms with Crippen LogP contribution in [0.1, 0.15) is 59.8 Å². The minimum atomic E-state index is -0.162. The van der Waals surface area contributed by atoms with E-state index in [-0.39, 0.29) is 11.6 Å². The molecule has 0 radical (unpaired) electrons. The maximum absolute atomic E-state index is 10.8. The molecule has 0 aromatic heterocycles. The van der Waals surface area contributed by atoms with Crippen LogP contribution in [-0.2, 0) is 0 Å². The van der Waals surface area contributed by atoms with Gasteiger partial charge in [0, 0.05) is 5.54 Å². The first-order valence-corrected chi connectivity index (χ1v) is 7.86. The summed E-state index contributed by atoms with van der Waals surface area (Å²) >= 11 is 0. The minimum Gasteiger partial charge on any atom is -0.391 e. The Hall–Kier alpha value is -0.0800. The number of hydrogen-bond acceptors (Lipinski definition) is 2. The van der Waals surface area contributed by atoms with Crippen molar-refractivity contribution in [3.8, 4) is 0 Å². The summed E-state index contributed by atoms with van der Waals surface area (Å²) in [6.45, 7) is 11.5. The summed E-state index contributed by atoms with van der Waals surface area (Å²) in [6.07, 6.45) is 6.15. The van der Waals surface area contributed by atoms with Gasteiger partial charge in [-0.15, -0.1) is 0 Å². The zero-order valence-corrected chi connectivity index (χ0v) is 12.7. The standard InChI is InChI=1S/C16H31NO/c1-12-7-8-14(11-13(12)2)15(18)16(3,4)17-9-5-6-10-17/h12-15,18H,5-11H2,1-4H3. The number of hydrogen-bond donors (Lipinski definition) is 1. The van der Waals surface area contributed by atoms with Crippen molar-refractivity contribution in [1.82, 2.24) is 4.90 Å². The SMILES string of the molecule is CC1CCC(C(O)C(C)(C)N2CCCC2)CC1C. The molecule has 1 aliphatic heterocycles. The van der Waals surface area contributed by atoms with Crippen LogP contribution in [0.3, 0.4) is 0 Å². The summed E-state index contributed by atoms with van der Waals surface area (Å²) in [5.74, 6) is 2.11. The number of aliphatic hydroxyl groups is 1. The van der Waals surface area contributed by atoms with Gasteiger partial charge in [0.15, 0.2) is 0 Å². The lowest BCUT2D eigenvalue weighted by Gasteiger charge is -2.45. The van der Waals surface area contributed by atoms with E-state index in [0.717, 1.165) is 11.8 Å². The molecule has 1 heterocycles. The van der Waals surface area contributed by atoms with Crippen LogP contribution in [0.25, 0.3) is 0 Å². The third-order valence-electron chi connectivity index (χ3n) is 5.73. The molecule has 0 spiro atoms. The molecule has 0 bridgehead atoms. The predicted octanol–water partition coefficient (Wildman–Crippen LogP) is 3.29. The molecule has 2 nitrogen and oxygen atoms in total. The van der Waals surface area contributed by atoms with E-state index < -0.39 is 0 Å². The molecule has 2 heteroatoms. The van der Waals surface area contributed by atoms with Crippen molar-refractivity contribution >= 4 is 0 Å². The van der Waals surface area contributed by atoms with E-state index in [1.54, 1.807) is 0 Å². The van der Waals surface area contributed by atoms with Crippen molar-refractivity contribution in [1.29, 1.82) is 0 Å². The van der Waals surface area contributed by atoms with Gasteiger partial charge in [0.1, 0.15) is 0 Å². The van der Waals surface area contributed by atoms with Gasteiger partial charge in [-0.2, -0.15) is 0 Å². The third-order valence-corrected chi connectivity index (χ3v) is 5.73. The van der Waals surface area contributed by atoms with E-state index in [1.165, 1.54) is 45.2 Å². The fourth-order valence-electron chi connectivity index (χ4n) is 3.93. The van der Waals surface area contributed by atoms with Crippen molar-refractivity contribution in [3.63, 3.8) is 0 Å². The second kappa shape index (κ2) is 5.50. The summed E-state index contributed by atoms with van der Waals surface area (Å²) in [5, 5.41) is 10.8. The molecule has 1 aliphatic carbocycles. The van der Waals surface area contributed by atoms with Crippen LogP contribution in [0.2, 0.25) is 0 Å². The van der Waals surface area contributed by atoms with Crippen LogP contribution in [0.4, 0.5) is 0 Å². The summed E-state index contributed by atoms with van der Waals surface area (Å²) in [6, 6.07) is 0. The Bertz CT molecular complexity index is 270. The predicted molar refractivity (Wildman–Crippen MR) is 76.6 cm³/mol. The van der Waals surface area contributed by atoms with Crippen LogP contribution < -0.4 is 0 Å². The lowest BCUT2D eigenvalue weighted by Crippen LogP contribution is -2.54. The first-order valence-electron chi connectivity index (χ1n) is 7.86. The van der Waals surface area contributed by atoms with Gasteiger partial charge in [-0.05, 0) is 70.4 Å². The van der Waals surface area contributed by atoms with Crippen LogP contribution in [0, 0.1) is 17.8 Å². The third kappa shape index (κ3) is 2.75. The van der Waals surface area contributed by atoms with E-state index in [0.29, 0.717) is 5.92 Å². The van der Waals surface area contributed by atoms with Gasteiger partial charge in [-0.3, -0.25) is 4.90 Å². The van der Waals surface area contributed by atoms with Gasteiger partial charge in [0.2, 0.25) is 0 Å². The molecule has 1 saturated heterocycles. The molecule has 106 valence electrons. The molecular weight excluding hydrogens is 222 g/mol. The molecule has 0 amide bonds. The Kier molecular flexibility index (Phi) is 4.38. The first-order chi connectivity index (χ1) is 8.43. The Balaban J connectivity index is 1.99. The zero-order chi connectivity index (χ0) is 13.3. The lowest BCUT2D eigenvalue weighted by atomic mass is 9.70. The van der Waals surface area contributed by atoms with E-state index in [9.17, 15) is 5.11 Å². The van der Waals surface area contributed by atoms with Gasteiger partial charge in [0.25, 0.3) is 0 Å². The second-order valence-corrected chi connectivity index (χ2v) is 7.32. The van der Waals surface area contributed by atoms with Gasteiger partial charge >= 0.3 is 0 Å². The number of nitrogens with zero attached hydrogens (tertiary/aromatic N) is 1. The largest absolute Gasteiger partial charge is 0.391 e. The van der Waals surface area contributed by atoms with Gasteiger partial charge in [0.05, 0.1) is 6.10 Å². The number of likely N-dealkylation sites (tertiary alicyclic amines) is 1. The lowest BCUT2D eigenvalue weighted by molar-refractivity contribution is -0.0510. The van der Waals surface area contributed by atoms with Gasteiger partial charge < -0.3 is 5.11 Å². The summed E-state index contributed by atoms with van der Waals surface area (Å²) in [5.41, 5.74) is -0.0402. The van der Waals surface area contributed by atoms with Gasteiger partial charge in [-0.1, -0.05) is 20.3 Å². The van der Waals surface area contributed by atoms with Crippen molar-refractivity contribution in [3.05, 3.63) is 0 Å². The average molecular weight is 253 g/mol. The quantitative estimate of drug-likeness (QED) is 0.834. The highest BCUT2D eigenvalue weighted by Crippen LogP contribution is 2.39. The minimum absolute atomic E-state index is 0.0402. The maximum atomic E-state index is 10.8. The van der Waals surface area contributed by atoms with E-state index in [4.69, 9.17) is 0 Å². The number of aliphatic hydroxyl groups excluding tert-OH is 1. The normalized spacial score (nSPS) is 36.8. The maximum Gasteiger partial charge on any atom is 0.0746 e. The monoisotopic (exact) mass is 253 g/mol. The summed E-state index contributed by atoms with van der Waals surface area (Å²) in [7, 11) is 0. The smallest absolute Gasteiger partial charge is 0.0746 e. The molecule has 2 rings (SSSR count). The van der Waals surface area contributed by atoms with Crippen molar-refractivity contribution in [2.45, 2.75) is 71.4 Å². The van der Waals surface area contributed by atoms with Gasteiger partial charge in [-0.25, -0.2) is 0 Å². The second-order valence-electron chi connectivity index (χ2n) is 7.32. The summed E-state index contributed by atoms with van der Waals surface area (Å²) in [4.78, 5) is 2.50. The molecule has 18 heavy (non-hydrogen) atoms. The Morgan fingerprint density at radius 2 is 1.67 bits per heavy atom. The Labute approximate surface area is 113 Å². The molecule has 4 unspecified atom stereocenters. The highest BCUT2D eigenvalue weighted by Gasteiger charge is 2.41. The Morgan fingerprint density at radius 3 is 2.22 bits per heavy atom. The molecule has 1 N–H and O–H groups in total. The zero-order valence-electron chi connectivity index (χ0n) is 12.7. The van der Waals surface area contributed by atoms with Crippen molar-refractivity contribution in [2.24, 2.45) is 17.8 Å². The van der Waals surface area contributed by atoms with Crippen LogP contribution >= 0.6 is 0 Å². The van der Waals surface area contributed by atoms with E-state index in [1.807, 2.05) is 0 Å². The Morgan fingerprint density at radius 1 is 1.06 bits per heavy atom.